The quantitative estimate of drug-likeness (QED) is 0.492. The van der Waals surface area contributed by atoms with Crippen molar-refractivity contribution in [2.24, 2.45) is 0 Å². The van der Waals surface area contributed by atoms with Gasteiger partial charge in [0.2, 0.25) is 0 Å². The summed E-state index contributed by atoms with van der Waals surface area (Å²) in [7, 11) is 0. The lowest BCUT2D eigenvalue weighted by Gasteiger charge is -2.08. The summed E-state index contributed by atoms with van der Waals surface area (Å²) in [6.07, 6.45) is 0.152. The van der Waals surface area contributed by atoms with Crippen LogP contribution in [0.4, 0.5) is 11.4 Å². The molecule has 0 aliphatic rings. The molecule has 0 spiro atoms. The summed E-state index contributed by atoms with van der Waals surface area (Å²) in [5, 5.41) is 22.8. The number of nitro groups is 1. The molecule has 1 aromatic rings. The van der Waals surface area contributed by atoms with Crippen molar-refractivity contribution >= 4 is 34.0 Å². The van der Waals surface area contributed by atoms with Crippen LogP contribution in [0.3, 0.4) is 0 Å². The highest BCUT2D eigenvalue weighted by atomic mass is 127. The van der Waals surface area contributed by atoms with Crippen LogP contribution in [0.1, 0.15) is 13.3 Å². The zero-order valence-corrected chi connectivity index (χ0v) is 11.0. The van der Waals surface area contributed by atoms with Crippen molar-refractivity contribution in [2.45, 2.75) is 19.4 Å². The fourth-order valence-electron chi connectivity index (χ4n) is 1.22. The molecule has 0 fully saturated rings. The van der Waals surface area contributed by atoms with Crippen molar-refractivity contribution in [3.8, 4) is 0 Å². The van der Waals surface area contributed by atoms with Gasteiger partial charge in [-0.3, -0.25) is 10.1 Å². The summed E-state index contributed by atoms with van der Waals surface area (Å²) in [6, 6.07) is 5.01. The Morgan fingerprint density at radius 3 is 2.88 bits per heavy atom. The zero-order valence-electron chi connectivity index (χ0n) is 8.81. The van der Waals surface area contributed by atoms with Crippen molar-refractivity contribution in [1.82, 2.24) is 0 Å². The van der Waals surface area contributed by atoms with Crippen molar-refractivity contribution in [1.29, 1.82) is 0 Å². The van der Waals surface area contributed by atoms with Crippen LogP contribution >= 0.6 is 22.6 Å². The average molecular weight is 336 g/mol. The Labute approximate surface area is 107 Å². The zero-order chi connectivity index (χ0) is 12.1. The number of nitrogens with zero attached hydrogens (tertiary/aromatic N) is 1. The summed E-state index contributed by atoms with van der Waals surface area (Å²) in [6.45, 7) is 2.20. The van der Waals surface area contributed by atoms with Gasteiger partial charge in [0.1, 0.15) is 5.69 Å². The number of nitrogens with one attached hydrogen (secondary N) is 1. The molecule has 0 heterocycles. The van der Waals surface area contributed by atoms with Crippen LogP contribution in [-0.2, 0) is 0 Å². The molecule has 16 heavy (non-hydrogen) atoms. The maximum Gasteiger partial charge on any atom is 0.293 e. The number of aliphatic hydroxyl groups is 1. The number of hydrogen-bond donors (Lipinski definition) is 2. The standard InChI is InChI=1S/C10H13IN2O3/c1-7(14)4-5-12-9-3-2-8(11)6-10(9)13(15)16/h2-3,6-7,12,14H,4-5H2,1H3. The van der Waals surface area contributed by atoms with Gasteiger partial charge in [-0.1, -0.05) is 0 Å². The van der Waals surface area contributed by atoms with Gasteiger partial charge in [0.05, 0.1) is 11.0 Å². The summed E-state index contributed by atoms with van der Waals surface area (Å²) < 4.78 is 0.824. The molecule has 1 aromatic carbocycles. The van der Waals surface area contributed by atoms with E-state index in [0.717, 1.165) is 3.57 Å². The number of nitro benzene ring substituents is 1. The lowest BCUT2D eigenvalue weighted by atomic mass is 10.2. The van der Waals surface area contributed by atoms with E-state index in [2.05, 4.69) is 5.32 Å². The molecule has 2 N–H and O–H groups in total. The van der Waals surface area contributed by atoms with Crippen LogP contribution in [0.2, 0.25) is 0 Å². The summed E-state index contributed by atoms with van der Waals surface area (Å²) in [4.78, 5) is 10.4. The Balaban J connectivity index is 2.75. The highest BCUT2D eigenvalue weighted by Gasteiger charge is 2.13. The predicted molar refractivity (Wildman–Crippen MR) is 70.6 cm³/mol. The van der Waals surface area contributed by atoms with Crippen LogP contribution in [-0.4, -0.2) is 22.7 Å². The molecule has 0 aliphatic heterocycles. The van der Waals surface area contributed by atoms with Crippen LogP contribution in [0.25, 0.3) is 0 Å². The van der Waals surface area contributed by atoms with E-state index in [4.69, 9.17) is 5.11 Å². The number of benzene rings is 1. The molecule has 6 heteroatoms. The molecular weight excluding hydrogens is 323 g/mol. The molecule has 0 amide bonds. The van der Waals surface area contributed by atoms with Gasteiger partial charge in [0.15, 0.2) is 0 Å². The predicted octanol–water partition coefficient (Wildman–Crippen LogP) is 2.38. The van der Waals surface area contributed by atoms with E-state index < -0.39 is 11.0 Å². The Kier molecular flexibility index (Phi) is 4.94. The fourth-order valence-corrected chi connectivity index (χ4v) is 1.70. The van der Waals surface area contributed by atoms with Crippen molar-refractivity contribution in [2.75, 3.05) is 11.9 Å². The minimum Gasteiger partial charge on any atom is -0.393 e. The van der Waals surface area contributed by atoms with Gasteiger partial charge >= 0.3 is 0 Å². The van der Waals surface area contributed by atoms with Gasteiger partial charge in [0.25, 0.3) is 5.69 Å². The first-order valence-electron chi connectivity index (χ1n) is 4.86. The van der Waals surface area contributed by atoms with Gasteiger partial charge in [-0.05, 0) is 48.1 Å². The molecule has 0 aromatic heterocycles. The Morgan fingerprint density at radius 2 is 2.31 bits per heavy atom. The molecule has 0 saturated carbocycles. The van der Waals surface area contributed by atoms with E-state index in [-0.39, 0.29) is 5.69 Å². The second-order valence-electron chi connectivity index (χ2n) is 3.48. The van der Waals surface area contributed by atoms with Crippen LogP contribution < -0.4 is 5.32 Å². The van der Waals surface area contributed by atoms with Gasteiger partial charge in [-0.25, -0.2) is 0 Å². The SMILES string of the molecule is CC(O)CCNc1ccc(I)cc1[N+](=O)[O-]. The number of halogens is 1. The monoisotopic (exact) mass is 336 g/mol. The first kappa shape index (κ1) is 13.2. The van der Waals surface area contributed by atoms with E-state index in [1.807, 2.05) is 22.6 Å². The van der Waals surface area contributed by atoms with E-state index in [0.29, 0.717) is 18.7 Å². The molecule has 0 bridgehead atoms. The largest absolute Gasteiger partial charge is 0.393 e. The molecule has 0 aliphatic carbocycles. The number of aliphatic hydroxyl groups excluding tert-OH is 1. The van der Waals surface area contributed by atoms with Crippen molar-refractivity contribution < 1.29 is 10.0 Å². The molecule has 1 atom stereocenters. The van der Waals surface area contributed by atoms with E-state index in [1.165, 1.54) is 6.07 Å². The third kappa shape index (κ3) is 3.93. The molecule has 0 saturated heterocycles. The number of hydrogen-bond acceptors (Lipinski definition) is 4. The first-order chi connectivity index (χ1) is 7.50. The maximum atomic E-state index is 10.8. The topological polar surface area (TPSA) is 75.4 Å². The molecule has 88 valence electrons. The third-order valence-electron chi connectivity index (χ3n) is 2.03. The van der Waals surface area contributed by atoms with Crippen LogP contribution in [0.15, 0.2) is 18.2 Å². The van der Waals surface area contributed by atoms with Crippen molar-refractivity contribution in [3.05, 3.63) is 31.9 Å². The highest BCUT2D eigenvalue weighted by molar-refractivity contribution is 14.1. The smallest absolute Gasteiger partial charge is 0.293 e. The highest BCUT2D eigenvalue weighted by Crippen LogP contribution is 2.26. The molecule has 5 nitrogen and oxygen atoms in total. The van der Waals surface area contributed by atoms with Crippen molar-refractivity contribution in [3.63, 3.8) is 0 Å². The van der Waals surface area contributed by atoms with Crippen LogP contribution in [0, 0.1) is 13.7 Å². The summed E-state index contributed by atoms with van der Waals surface area (Å²) >= 11 is 2.03. The summed E-state index contributed by atoms with van der Waals surface area (Å²) in [5.74, 6) is 0. The maximum absolute atomic E-state index is 10.8. The molecule has 1 rings (SSSR count). The van der Waals surface area contributed by atoms with Gasteiger partial charge < -0.3 is 10.4 Å². The molecular formula is C10H13IN2O3. The Hall–Kier alpha value is -0.890. The second kappa shape index (κ2) is 6.00. The average Bonchev–Trinajstić information content (AvgIpc) is 2.19. The van der Waals surface area contributed by atoms with E-state index >= 15 is 0 Å². The van der Waals surface area contributed by atoms with E-state index in [9.17, 15) is 10.1 Å². The second-order valence-corrected chi connectivity index (χ2v) is 4.73. The molecule has 1 unspecified atom stereocenters. The van der Waals surface area contributed by atoms with Crippen LogP contribution in [0.5, 0.6) is 0 Å². The number of rotatable bonds is 5. The molecule has 0 radical (unpaired) electrons. The Bertz CT molecular complexity index is 382. The Morgan fingerprint density at radius 1 is 1.62 bits per heavy atom. The van der Waals surface area contributed by atoms with Gasteiger partial charge in [0, 0.05) is 16.2 Å². The number of anilines is 1. The normalized spacial score (nSPS) is 12.2. The fraction of sp³-hybridized carbons (Fsp3) is 0.400. The minimum atomic E-state index is -0.410. The van der Waals surface area contributed by atoms with Gasteiger partial charge in [-0.15, -0.1) is 0 Å². The lowest BCUT2D eigenvalue weighted by molar-refractivity contribution is -0.384. The van der Waals surface area contributed by atoms with Gasteiger partial charge in [-0.2, -0.15) is 0 Å². The first-order valence-corrected chi connectivity index (χ1v) is 5.94. The lowest BCUT2D eigenvalue weighted by Crippen LogP contribution is -2.10. The minimum absolute atomic E-state index is 0.0671. The third-order valence-corrected chi connectivity index (χ3v) is 2.71. The summed E-state index contributed by atoms with van der Waals surface area (Å²) in [5.41, 5.74) is 0.559. The van der Waals surface area contributed by atoms with E-state index in [1.54, 1.807) is 19.1 Å².